The average Bonchev–Trinajstić information content (AvgIpc) is 2.77. The predicted octanol–water partition coefficient (Wildman–Crippen LogP) is 0.927. The first kappa shape index (κ1) is 13.1. The second kappa shape index (κ2) is 5.14. The van der Waals surface area contributed by atoms with Crippen molar-refractivity contribution >= 4 is 17.5 Å². The maximum absolute atomic E-state index is 11.8. The predicted molar refractivity (Wildman–Crippen MR) is 65.8 cm³/mol. The first-order valence-electron chi connectivity index (χ1n) is 5.57. The Labute approximate surface area is 109 Å². The Morgan fingerprint density at radius 1 is 1.56 bits per heavy atom. The van der Waals surface area contributed by atoms with E-state index in [-0.39, 0.29) is 24.5 Å². The van der Waals surface area contributed by atoms with Gasteiger partial charge >= 0.3 is 0 Å². The molecule has 0 bridgehead atoms. The van der Waals surface area contributed by atoms with Gasteiger partial charge in [0.05, 0.1) is 12.2 Å². The Hall–Kier alpha value is -1.30. The minimum absolute atomic E-state index is 0.0811. The van der Waals surface area contributed by atoms with Crippen LogP contribution in [0.25, 0.3) is 0 Å². The van der Waals surface area contributed by atoms with E-state index in [1.807, 2.05) is 0 Å². The summed E-state index contributed by atoms with van der Waals surface area (Å²) in [5.41, 5.74) is -0.936. The molecule has 18 heavy (non-hydrogen) atoms. The Bertz CT molecular complexity index is 457. The number of halogens is 1. The van der Waals surface area contributed by atoms with Crippen molar-refractivity contribution in [2.75, 3.05) is 19.8 Å². The lowest BCUT2D eigenvalue weighted by Crippen LogP contribution is -2.43. The summed E-state index contributed by atoms with van der Waals surface area (Å²) in [5, 5.41) is 22.5. The summed E-state index contributed by atoms with van der Waals surface area (Å²) in [6, 6.07) is 4.22. The minimum atomic E-state index is -1.02. The van der Waals surface area contributed by atoms with Gasteiger partial charge in [0, 0.05) is 24.6 Å². The molecule has 1 unspecified atom stereocenters. The lowest BCUT2D eigenvalue weighted by Gasteiger charge is -2.20. The molecule has 1 heterocycles. The van der Waals surface area contributed by atoms with Crippen LogP contribution in [0.2, 0.25) is 5.02 Å². The van der Waals surface area contributed by atoms with Crippen molar-refractivity contribution < 1.29 is 19.7 Å². The number of rotatable bonds is 3. The molecule has 98 valence electrons. The molecule has 2 rings (SSSR count). The molecule has 0 saturated carbocycles. The van der Waals surface area contributed by atoms with Gasteiger partial charge in [-0.3, -0.25) is 4.79 Å². The van der Waals surface area contributed by atoms with Crippen LogP contribution in [0.15, 0.2) is 18.2 Å². The van der Waals surface area contributed by atoms with Crippen LogP contribution in [0.4, 0.5) is 0 Å². The van der Waals surface area contributed by atoms with E-state index in [4.69, 9.17) is 16.3 Å². The van der Waals surface area contributed by atoms with Crippen molar-refractivity contribution in [2.24, 2.45) is 0 Å². The minimum Gasteiger partial charge on any atom is -0.507 e. The standard InChI is InChI=1S/C12H14ClNO4/c13-8-1-2-10(15)9(5-8)11(16)14-6-12(17)3-4-18-7-12/h1-2,5,15,17H,3-4,6-7H2,(H,14,16). The second-order valence-electron chi connectivity index (χ2n) is 4.37. The number of carbonyl (C=O) groups excluding carboxylic acids is 1. The van der Waals surface area contributed by atoms with Crippen LogP contribution in [-0.2, 0) is 4.74 Å². The van der Waals surface area contributed by atoms with Gasteiger partial charge in [-0.15, -0.1) is 0 Å². The van der Waals surface area contributed by atoms with Gasteiger partial charge < -0.3 is 20.3 Å². The zero-order valence-electron chi connectivity index (χ0n) is 9.65. The van der Waals surface area contributed by atoms with E-state index >= 15 is 0 Å². The van der Waals surface area contributed by atoms with Gasteiger partial charge in [-0.05, 0) is 18.2 Å². The molecule has 0 spiro atoms. The fraction of sp³-hybridized carbons (Fsp3) is 0.417. The first-order valence-corrected chi connectivity index (χ1v) is 5.95. The van der Waals surface area contributed by atoms with E-state index in [1.165, 1.54) is 18.2 Å². The van der Waals surface area contributed by atoms with Gasteiger partial charge in [-0.25, -0.2) is 0 Å². The quantitative estimate of drug-likeness (QED) is 0.764. The SMILES string of the molecule is O=C(NCC1(O)CCOC1)c1cc(Cl)ccc1O. The highest BCUT2D eigenvalue weighted by Crippen LogP contribution is 2.22. The first-order chi connectivity index (χ1) is 8.50. The van der Waals surface area contributed by atoms with Crippen LogP contribution in [0.1, 0.15) is 16.8 Å². The zero-order valence-corrected chi connectivity index (χ0v) is 10.4. The Morgan fingerprint density at radius 3 is 3.00 bits per heavy atom. The summed E-state index contributed by atoms with van der Waals surface area (Å²) in [4.78, 5) is 11.8. The van der Waals surface area contributed by atoms with E-state index in [1.54, 1.807) is 0 Å². The molecule has 6 heteroatoms. The fourth-order valence-electron chi connectivity index (χ4n) is 1.77. The second-order valence-corrected chi connectivity index (χ2v) is 4.81. The fourth-order valence-corrected chi connectivity index (χ4v) is 1.94. The number of phenolic OH excluding ortho intramolecular Hbond substituents is 1. The average molecular weight is 272 g/mol. The molecule has 1 aliphatic rings. The van der Waals surface area contributed by atoms with Crippen molar-refractivity contribution in [1.29, 1.82) is 0 Å². The number of hydrogen-bond donors (Lipinski definition) is 3. The number of phenols is 1. The van der Waals surface area contributed by atoms with Crippen LogP contribution in [0.5, 0.6) is 5.75 Å². The number of hydrogen-bond acceptors (Lipinski definition) is 4. The monoisotopic (exact) mass is 271 g/mol. The summed E-state index contributed by atoms with van der Waals surface area (Å²) >= 11 is 5.76. The van der Waals surface area contributed by atoms with E-state index in [0.29, 0.717) is 18.1 Å². The number of aromatic hydroxyl groups is 1. The van der Waals surface area contributed by atoms with Gasteiger partial charge in [-0.1, -0.05) is 11.6 Å². The van der Waals surface area contributed by atoms with Gasteiger partial charge in [0.1, 0.15) is 11.4 Å². The summed E-state index contributed by atoms with van der Waals surface area (Å²) in [6.45, 7) is 0.765. The van der Waals surface area contributed by atoms with E-state index < -0.39 is 11.5 Å². The van der Waals surface area contributed by atoms with E-state index in [9.17, 15) is 15.0 Å². The number of ether oxygens (including phenoxy) is 1. The molecule has 1 aliphatic heterocycles. The molecule has 1 atom stereocenters. The van der Waals surface area contributed by atoms with Gasteiger partial charge in [0.25, 0.3) is 5.91 Å². The molecule has 1 aromatic carbocycles. The molecule has 0 aliphatic carbocycles. The third-order valence-electron chi connectivity index (χ3n) is 2.86. The largest absolute Gasteiger partial charge is 0.507 e. The van der Waals surface area contributed by atoms with Crippen molar-refractivity contribution in [3.63, 3.8) is 0 Å². The van der Waals surface area contributed by atoms with Gasteiger partial charge in [-0.2, -0.15) is 0 Å². The summed E-state index contributed by atoms with van der Waals surface area (Å²) < 4.78 is 5.07. The molecule has 0 radical (unpaired) electrons. The molecule has 1 fully saturated rings. The smallest absolute Gasteiger partial charge is 0.255 e. The van der Waals surface area contributed by atoms with Gasteiger partial charge in [0.15, 0.2) is 0 Å². The Kier molecular flexibility index (Phi) is 3.75. The van der Waals surface area contributed by atoms with Crippen LogP contribution in [0.3, 0.4) is 0 Å². The molecule has 1 saturated heterocycles. The highest BCUT2D eigenvalue weighted by molar-refractivity contribution is 6.31. The third kappa shape index (κ3) is 2.93. The number of benzene rings is 1. The van der Waals surface area contributed by atoms with Crippen LogP contribution < -0.4 is 5.32 Å². The number of nitrogens with one attached hydrogen (secondary N) is 1. The highest BCUT2D eigenvalue weighted by atomic mass is 35.5. The maximum atomic E-state index is 11.8. The molecular weight excluding hydrogens is 258 g/mol. The lowest BCUT2D eigenvalue weighted by molar-refractivity contribution is 0.0264. The topological polar surface area (TPSA) is 78.8 Å². The van der Waals surface area contributed by atoms with Crippen molar-refractivity contribution in [3.8, 4) is 5.75 Å². The maximum Gasteiger partial charge on any atom is 0.255 e. The molecule has 1 aromatic rings. The van der Waals surface area contributed by atoms with Crippen LogP contribution in [-0.4, -0.2) is 41.5 Å². The Balaban J connectivity index is 2.01. The number of amides is 1. The van der Waals surface area contributed by atoms with Crippen LogP contribution >= 0.6 is 11.6 Å². The summed E-state index contributed by atoms with van der Waals surface area (Å²) in [7, 11) is 0. The van der Waals surface area contributed by atoms with Crippen LogP contribution in [0, 0.1) is 0 Å². The van der Waals surface area contributed by atoms with Crippen molar-refractivity contribution in [3.05, 3.63) is 28.8 Å². The normalized spacial score (nSPS) is 23.0. The zero-order chi connectivity index (χ0) is 13.2. The molecular formula is C12H14ClNO4. The molecule has 0 aromatic heterocycles. The Morgan fingerprint density at radius 2 is 2.33 bits per heavy atom. The summed E-state index contributed by atoms with van der Waals surface area (Å²) in [6.07, 6.45) is 0.481. The molecule has 1 amide bonds. The molecule has 3 N–H and O–H groups in total. The third-order valence-corrected chi connectivity index (χ3v) is 3.10. The van der Waals surface area contributed by atoms with Crippen molar-refractivity contribution in [2.45, 2.75) is 12.0 Å². The molecule has 5 nitrogen and oxygen atoms in total. The summed E-state index contributed by atoms with van der Waals surface area (Å²) in [5.74, 6) is -0.623. The van der Waals surface area contributed by atoms with E-state index in [2.05, 4.69) is 5.32 Å². The van der Waals surface area contributed by atoms with Gasteiger partial charge in [0.2, 0.25) is 0 Å². The number of aliphatic hydroxyl groups is 1. The van der Waals surface area contributed by atoms with Crippen molar-refractivity contribution in [1.82, 2.24) is 5.32 Å². The van der Waals surface area contributed by atoms with E-state index in [0.717, 1.165) is 0 Å². The lowest BCUT2D eigenvalue weighted by atomic mass is 10.0. The highest BCUT2D eigenvalue weighted by Gasteiger charge is 2.32. The number of carbonyl (C=O) groups is 1.